The zero-order chi connectivity index (χ0) is 9.54. The molecule has 0 spiro atoms. The highest BCUT2D eigenvalue weighted by molar-refractivity contribution is 4.98. The van der Waals surface area contributed by atoms with Crippen molar-refractivity contribution >= 4 is 0 Å². The van der Waals surface area contributed by atoms with Crippen molar-refractivity contribution < 1.29 is 5.11 Å². The molecule has 0 aromatic rings. The van der Waals surface area contributed by atoms with E-state index >= 15 is 0 Å². The highest BCUT2D eigenvalue weighted by Gasteiger charge is 2.45. The van der Waals surface area contributed by atoms with Gasteiger partial charge in [0.05, 0.1) is 6.10 Å². The molecule has 0 amide bonds. The van der Waals surface area contributed by atoms with E-state index in [0.29, 0.717) is 11.8 Å². The number of hydrogen-bond acceptors (Lipinski definition) is 2. The van der Waals surface area contributed by atoms with E-state index in [0.717, 1.165) is 6.04 Å². The van der Waals surface area contributed by atoms with Gasteiger partial charge in [0, 0.05) is 12.0 Å². The number of fused-ring (bicyclic) bond motifs is 2. The second-order valence-electron chi connectivity index (χ2n) is 5.38. The van der Waals surface area contributed by atoms with Crippen LogP contribution in [0.4, 0.5) is 0 Å². The Bertz CT molecular complexity index is 212. The molecule has 1 saturated heterocycles. The number of likely N-dealkylation sites (tertiary alicyclic amines) is 1. The molecule has 80 valence electrons. The maximum Gasteiger partial charge on any atom is 0.0611 e. The lowest BCUT2D eigenvalue weighted by Gasteiger charge is -2.39. The molecule has 1 N–H and O–H groups in total. The van der Waals surface area contributed by atoms with Crippen LogP contribution in [0.3, 0.4) is 0 Å². The Labute approximate surface area is 86.3 Å². The quantitative estimate of drug-likeness (QED) is 0.687. The van der Waals surface area contributed by atoms with Crippen molar-refractivity contribution in [3.05, 3.63) is 0 Å². The van der Waals surface area contributed by atoms with Gasteiger partial charge < -0.3 is 10.0 Å². The van der Waals surface area contributed by atoms with Crippen molar-refractivity contribution in [1.29, 1.82) is 0 Å². The zero-order valence-electron chi connectivity index (χ0n) is 8.86. The fourth-order valence-electron chi connectivity index (χ4n) is 3.96. The maximum atomic E-state index is 10.1. The summed E-state index contributed by atoms with van der Waals surface area (Å²) >= 11 is 0. The lowest BCUT2D eigenvalue weighted by Crippen LogP contribution is -2.45. The fourth-order valence-corrected chi connectivity index (χ4v) is 3.96. The molecule has 2 heteroatoms. The average molecular weight is 195 g/mol. The van der Waals surface area contributed by atoms with Crippen molar-refractivity contribution in [1.82, 2.24) is 4.90 Å². The van der Waals surface area contributed by atoms with Gasteiger partial charge in [0.2, 0.25) is 0 Å². The molecule has 0 aromatic carbocycles. The summed E-state index contributed by atoms with van der Waals surface area (Å²) in [5, 5.41) is 10.1. The lowest BCUT2D eigenvalue weighted by molar-refractivity contribution is 0.00634. The van der Waals surface area contributed by atoms with E-state index in [1.165, 1.54) is 51.6 Å². The van der Waals surface area contributed by atoms with Crippen molar-refractivity contribution in [3.8, 4) is 0 Å². The third-order valence-electron chi connectivity index (χ3n) is 4.73. The Kier molecular flexibility index (Phi) is 2.29. The normalized spacial score (nSPS) is 48.6. The van der Waals surface area contributed by atoms with Gasteiger partial charge in [-0.25, -0.2) is 0 Å². The van der Waals surface area contributed by atoms with E-state index in [1.54, 1.807) is 0 Å². The molecule has 1 aliphatic heterocycles. The first-order valence-corrected chi connectivity index (χ1v) is 6.28. The molecule has 2 bridgehead atoms. The second kappa shape index (κ2) is 3.49. The van der Waals surface area contributed by atoms with Crippen LogP contribution < -0.4 is 0 Å². The van der Waals surface area contributed by atoms with E-state index in [4.69, 9.17) is 0 Å². The average Bonchev–Trinajstić information content (AvgIpc) is 2.76. The Morgan fingerprint density at radius 1 is 0.929 bits per heavy atom. The van der Waals surface area contributed by atoms with Crippen LogP contribution in [0.5, 0.6) is 0 Å². The molecule has 3 aliphatic rings. The van der Waals surface area contributed by atoms with Gasteiger partial charge in [0.15, 0.2) is 0 Å². The van der Waals surface area contributed by atoms with Crippen molar-refractivity contribution in [2.24, 2.45) is 11.8 Å². The number of aliphatic hydroxyl groups excluding tert-OH is 1. The van der Waals surface area contributed by atoms with Gasteiger partial charge >= 0.3 is 0 Å². The first-order valence-electron chi connectivity index (χ1n) is 6.28. The van der Waals surface area contributed by atoms with Gasteiger partial charge in [-0.05, 0) is 57.5 Å². The molecule has 14 heavy (non-hydrogen) atoms. The molecule has 4 atom stereocenters. The monoisotopic (exact) mass is 195 g/mol. The van der Waals surface area contributed by atoms with Gasteiger partial charge in [-0.15, -0.1) is 0 Å². The highest BCUT2D eigenvalue weighted by atomic mass is 16.3. The minimum absolute atomic E-state index is 0.0364. The Morgan fingerprint density at radius 3 is 2.43 bits per heavy atom. The highest BCUT2D eigenvalue weighted by Crippen LogP contribution is 2.44. The smallest absolute Gasteiger partial charge is 0.0611 e. The number of aliphatic hydroxyl groups is 1. The molecular formula is C12H21NO. The first-order chi connectivity index (χ1) is 6.86. The van der Waals surface area contributed by atoms with Gasteiger partial charge in [0.1, 0.15) is 0 Å². The van der Waals surface area contributed by atoms with Crippen LogP contribution in [0, 0.1) is 11.8 Å². The molecule has 0 unspecified atom stereocenters. The Balaban J connectivity index is 1.73. The fraction of sp³-hybridized carbons (Fsp3) is 1.00. The number of hydrogen-bond donors (Lipinski definition) is 1. The molecule has 0 radical (unpaired) electrons. The zero-order valence-corrected chi connectivity index (χ0v) is 8.86. The van der Waals surface area contributed by atoms with Crippen LogP contribution in [-0.2, 0) is 0 Å². The minimum Gasteiger partial charge on any atom is -0.392 e. The third kappa shape index (κ3) is 1.31. The summed E-state index contributed by atoms with van der Waals surface area (Å²) in [5.74, 6) is 1.27. The van der Waals surface area contributed by atoms with Gasteiger partial charge in [-0.3, -0.25) is 0 Å². The van der Waals surface area contributed by atoms with Crippen LogP contribution in [0.25, 0.3) is 0 Å². The summed E-state index contributed by atoms with van der Waals surface area (Å²) in [7, 11) is 0. The molecule has 2 nitrogen and oxygen atoms in total. The predicted molar refractivity (Wildman–Crippen MR) is 56.0 cm³/mol. The van der Waals surface area contributed by atoms with Gasteiger partial charge in [-0.1, -0.05) is 0 Å². The van der Waals surface area contributed by atoms with Crippen molar-refractivity contribution in [3.63, 3.8) is 0 Å². The molecule has 0 aromatic heterocycles. The van der Waals surface area contributed by atoms with Crippen molar-refractivity contribution in [2.75, 3.05) is 13.1 Å². The summed E-state index contributed by atoms with van der Waals surface area (Å²) < 4.78 is 0. The molecule has 3 fully saturated rings. The van der Waals surface area contributed by atoms with Crippen LogP contribution in [0.15, 0.2) is 0 Å². The summed E-state index contributed by atoms with van der Waals surface area (Å²) in [5.41, 5.74) is 0. The van der Waals surface area contributed by atoms with Gasteiger partial charge in [-0.2, -0.15) is 0 Å². The SMILES string of the molecule is O[C@H]1[C@H]2CC[C@H]1[C@@H](N1CCCC1)CC2. The Hall–Kier alpha value is -0.0800. The lowest BCUT2D eigenvalue weighted by atomic mass is 9.81. The summed E-state index contributed by atoms with van der Waals surface area (Å²) in [6, 6.07) is 0.728. The van der Waals surface area contributed by atoms with Gasteiger partial charge in [0.25, 0.3) is 0 Å². The number of rotatable bonds is 1. The molecule has 1 heterocycles. The van der Waals surface area contributed by atoms with E-state index in [9.17, 15) is 5.11 Å². The van der Waals surface area contributed by atoms with Crippen molar-refractivity contribution in [2.45, 2.75) is 50.7 Å². The minimum atomic E-state index is 0.0364. The van der Waals surface area contributed by atoms with Crippen LogP contribution in [0.2, 0.25) is 0 Å². The second-order valence-corrected chi connectivity index (χ2v) is 5.38. The summed E-state index contributed by atoms with van der Waals surface area (Å²) in [6.45, 7) is 2.58. The predicted octanol–water partition coefficient (Wildman–Crippen LogP) is 1.63. The number of nitrogens with zero attached hydrogens (tertiary/aromatic N) is 1. The van der Waals surface area contributed by atoms with E-state index in [-0.39, 0.29) is 6.10 Å². The summed E-state index contributed by atoms with van der Waals surface area (Å²) in [4.78, 5) is 2.65. The summed E-state index contributed by atoms with van der Waals surface area (Å²) in [6.07, 6.45) is 7.99. The Morgan fingerprint density at radius 2 is 1.64 bits per heavy atom. The van der Waals surface area contributed by atoms with E-state index < -0.39 is 0 Å². The van der Waals surface area contributed by atoms with Crippen LogP contribution in [-0.4, -0.2) is 35.2 Å². The molecule has 2 saturated carbocycles. The first kappa shape index (κ1) is 9.17. The van der Waals surface area contributed by atoms with E-state index in [2.05, 4.69) is 4.90 Å². The van der Waals surface area contributed by atoms with E-state index in [1.807, 2.05) is 0 Å². The van der Waals surface area contributed by atoms with Crippen LogP contribution in [0.1, 0.15) is 38.5 Å². The molecule has 2 aliphatic carbocycles. The standard InChI is InChI=1S/C12H21NO/c14-12-9-3-5-10(12)11(6-4-9)13-7-1-2-8-13/h9-12,14H,1-8H2/t9-,10-,11-,12-/m0/s1. The topological polar surface area (TPSA) is 23.5 Å². The van der Waals surface area contributed by atoms with Crippen LogP contribution >= 0.6 is 0 Å². The maximum absolute atomic E-state index is 10.1. The molecular weight excluding hydrogens is 174 g/mol. The third-order valence-corrected chi connectivity index (χ3v) is 4.73. The molecule has 3 rings (SSSR count). The largest absolute Gasteiger partial charge is 0.392 e.